The lowest BCUT2D eigenvalue weighted by molar-refractivity contribution is -0.145. The molecule has 0 bridgehead atoms. The Bertz CT molecular complexity index is 1490. The smallest absolute Gasteiger partial charge is 0.407 e. The molecule has 0 saturated carbocycles. The summed E-state index contributed by atoms with van der Waals surface area (Å²) in [4.78, 5) is 39.7. The highest BCUT2D eigenvalue weighted by Crippen LogP contribution is 2.44. The predicted molar refractivity (Wildman–Crippen MR) is 153 cm³/mol. The van der Waals surface area contributed by atoms with Gasteiger partial charge in [-0.05, 0) is 45.5 Å². The average Bonchev–Trinajstić information content (AvgIpc) is 3.30. The maximum absolute atomic E-state index is 13.7. The summed E-state index contributed by atoms with van der Waals surface area (Å²) in [6.45, 7) is -0.403. The summed E-state index contributed by atoms with van der Waals surface area (Å²) in [6, 6.07) is 30.2. The summed E-state index contributed by atoms with van der Waals surface area (Å²) in [5, 5.41) is 21.9. The molecule has 0 spiro atoms. The Kier molecular flexibility index (Phi) is 8.29. The van der Waals surface area contributed by atoms with Crippen molar-refractivity contribution in [2.75, 3.05) is 13.2 Å². The summed E-state index contributed by atoms with van der Waals surface area (Å²) in [7, 11) is 0. The molecule has 1 atom stereocenters. The van der Waals surface area contributed by atoms with Crippen LogP contribution in [0.4, 0.5) is 4.79 Å². The molecule has 0 fully saturated rings. The highest BCUT2D eigenvalue weighted by molar-refractivity contribution is 5.88. The molecule has 208 valence electrons. The standard InChI is InChI=1S/C33H30N2O6/c36-24-16-14-22(15-17-24)18-30(32(39)35(20-31(37)38)19-23-8-2-1-3-9-23)34-33(40)41-21-29-27-12-6-4-10-25(27)26-11-5-7-13-28(26)29/h1-17,29-30,36H,18-21H2,(H,34,40)(H,37,38). The first-order valence-corrected chi connectivity index (χ1v) is 13.3. The zero-order valence-electron chi connectivity index (χ0n) is 22.3. The molecule has 1 unspecified atom stereocenters. The molecule has 0 heterocycles. The van der Waals surface area contributed by atoms with Crippen LogP contribution in [0.2, 0.25) is 0 Å². The van der Waals surface area contributed by atoms with E-state index >= 15 is 0 Å². The number of benzene rings is 4. The molecular formula is C33H30N2O6. The Morgan fingerprint density at radius 1 is 0.780 bits per heavy atom. The van der Waals surface area contributed by atoms with Gasteiger partial charge >= 0.3 is 12.1 Å². The highest BCUT2D eigenvalue weighted by atomic mass is 16.5. The van der Waals surface area contributed by atoms with Gasteiger partial charge in [-0.25, -0.2) is 4.79 Å². The maximum atomic E-state index is 13.7. The van der Waals surface area contributed by atoms with Gasteiger partial charge in [-0.3, -0.25) is 9.59 Å². The van der Waals surface area contributed by atoms with E-state index in [0.29, 0.717) is 5.56 Å². The number of ether oxygens (including phenoxy) is 1. The number of carbonyl (C=O) groups excluding carboxylic acids is 2. The summed E-state index contributed by atoms with van der Waals surface area (Å²) < 4.78 is 5.68. The van der Waals surface area contributed by atoms with Crippen molar-refractivity contribution in [3.8, 4) is 16.9 Å². The third-order valence-corrected chi connectivity index (χ3v) is 7.16. The highest BCUT2D eigenvalue weighted by Gasteiger charge is 2.31. The zero-order valence-corrected chi connectivity index (χ0v) is 22.3. The second kappa shape index (κ2) is 12.4. The number of hydrogen-bond acceptors (Lipinski definition) is 5. The maximum Gasteiger partial charge on any atom is 0.407 e. The fourth-order valence-electron chi connectivity index (χ4n) is 5.25. The Morgan fingerprint density at radius 3 is 1.98 bits per heavy atom. The van der Waals surface area contributed by atoms with Gasteiger partial charge in [-0.1, -0.05) is 91.0 Å². The second-order valence-electron chi connectivity index (χ2n) is 9.97. The number of phenolic OH excluding ortho intramolecular Hbond substituents is 1. The average molecular weight is 551 g/mol. The number of aliphatic carboxylic acids is 1. The molecule has 4 aromatic carbocycles. The number of aromatic hydroxyl groups is 1. The fraction of sp³-hybridized carbons (Fsp3) is 0.182. The molecule has 8 heteroatoms. The van der Waals surface area contributed by atoms with E-state index in [0.717, 1.165) is 27.8 Å². The number of carboxylic acid groups (broad SMARTS) is 1. The number of fused-ring (bicyclic) bond motifs is 3. The molecule has 8 nitrogen and oxygen atoms in total. The van der Waals surface area contributed by atoms with E-state index in [1.54, 1.807) is 24.3 Å². The van der Waals surface area contributed by atoms with Crippen LogP contribution in [0.15, 0.2) is 103 Å². The summed E-state index contributed by atoms with van der Waals surface area (Å²) in [6.07, 6.45) is -0.701. The number of amides is 2. The monoisotopic (exact) mass is 550 g/mol. The fourth-order valence-corrected chi connectivity index (χ4v) is 5.25. The van der Waals surface area contributed by atoms with E-state index in [-0.39, 0.29) is 31.2 Å². The normalized spacial score (nSPS) is 12.6. The molecule has 0 aliphatic heterocycles. The largest absolute Gasteiger partial charge is 0.508 e. The number of nitrogens with zero attached hydrogens (tertiary/aromatic N) is 1. The van der Waals surface area contributed by atoms with Crippen molar-refractivity contribution in [1.29, 1.82) is 0 Å². The first kappa shape index (κ1) is 27.5. The molecule has 0 radical (unpaired) electrons. The quantitative estimate of drug-likeness (QED) is 0.257. The van der Waals surface area contributed by atoms with Gasteiger partial charge in [0.25, 0.3) is 0 Å². The van der Waals surface area contributed by atoms with E-state index in [1.807, 2.05) is 66.7 Å². The SMILES string of the molecule is O=C(O)CN(Cc1ccccc1)C(=O)C(Cc1ccc(O)cc1)NC(=O)OCC1c2ccccc2-c2ccccc21. The van der Waals surface area contributed by atoms with Gasteiger partial charge in [-0.2, -0.15) is 0 Å². The topological polar surface area (TPSA) is 116 Å². The van der Waals surface area contributed by atoms with E-state index in [4.69, 9.17) is 4.74 Å². The van der Waals surface area contributed by atoms with Crippen molar-refractivity contribution in [2.45, 2.75) is 24.9 Å². The molecule has 1 aliphatic rings. The van der Waals surface area contributed by atoms with E-state index in [9.17, 15) is 24.6 Å². The predicted octanol–water partition coefficient (Wildman–Crippen LogP) is 4.96. The van der Waals surface area contributed by atoms with Crippen LogP contribution in [0, 0.1) is 0 Å². The first-order chi connectivity index (χ1) is 19.9. The van der Waals surface area contributed by atoms with E-state index < -0.39 is 30.6 Å². The molecule has 1 aliphatic carbocycles. The van der Waals surface area contributed by atoms with Crippen LogP contribution in [-0.4, -0.2) is 52.3 Å². The van der Waals surface area contributed by atoms with E-state index in [2.05, 4.69) is 5.32 Å². The van der Waals surface area contributed by atoms with Gasteiger partial charge < -0.3 is 25.2 Å². The number of carboxylic acids is 1. The van der Waals surface area contributed by atoms with Crippen molar-refractivity contribution < 1.29 is 29.3 Å². The Balaban J connectivity index is 1.34. The number of phenols is 1. The van der Waals surface area contributed by atoms with Crippen LogP contribution in [0.5, 0.6) is 5.75 Å². The number of nitrogens with one attached hydrogen (secondary N) is 1. The van der Waals surface area contributed by atoms with Gasteiger partial charge in [0.1, 0.15) is 24.9 Å². The Morgan fingerprint density at radius 2 is 1.37 bits per heavy atom. The molecule has 3 N–H and O–H groups in total. The van der Waals surface area contributed by atoms with E-state index in [1.165, 1.54) is 17.0 Å². The second-order valence-corrected chi connectivity index (χ2v) is 9.97. The molecular weight excluding hydrogens is 520 g/mol. The lowest BCUT2D eigenvalue weighted by atomic mass is 9.98. The van der Waals surface area contributed by atoms with Crippen LogP contribution in [0.1, 0.15) is 28.2 Å². The van der Waals surface area contributed by atoms with Crippen LogP contribution in [0.3, 0.4) is 0 Å². The lowest BCUT2D eigenvalue weighted by Crippen LogP contribution is -2.51. The number of alkyl carbamates (subject to hydrolysis) is 1. The van der Waals surface area contributed by atoms with Crippen LogP contribution < -0.4 is 5.32 Å². The summed E-state index contributed by atoms with van der Waals surface area (Å²) in [5.74, 6) is -1.81. The Hall–Kier alpha value is -5.11. The number of carbonyl (C=O) groups is 3. The van der Waals surface area contributed by atoms with Crippen LogP contribution >= 0.6 is 0 Å². The molecule has 0 aromatic heterocycles. The van der Waals surface area contributed by atoms with Crippen molar-refractivity contribution in [1.82, 2.24) is 10.2 Å². The van der Waals surface area contributed by atoms with Gasteiger partial charge in [0.2, 0.25) is 5.91 Å². The van der Waals surface area contributed by atoms with Gasteiger partial charge in [0.05, 0.1) is 0 Å². The minimum atomic E-state index is -1.17. The van der Waals surface area contributed by atoms with Crippen LogP contribution in [-0.2, 0) is 27.3 Å². The number of hydrogen-bond donors (Lipinski definition) is 3. The third-order valence-electron chi connectivity index (χ3n) is 7.16. The zero-order chi connectivity index (χ0) is 28.8. The third kappa shape index (κ3) is 6.55. The van der Waals surface area contributed by atoms with Crippen molar-refractivity contribution in [3.63, 3.8) is 0 Å². The van der Waals surface area contributed by atoms with Gasteiger partial charge in [-0.15, -0.1) is 0 Å². The molecule has 0 saturated heterocycles. The minimum Gasteiger partial charge on any atom is -0.508 e. The molecule has 4 aromatic rings. The Labute approximate surface area is 237 Å². The first-order valence-electron chi connectivity index (χ1n) is 13.3. The minimum absolute atomic E-state index is 0.0599. The van der Waals surface area contributed by atoms with Crippen molar-refractivity contribution in [3.05, 3.63) is 125 Å². The lowest BCUT2D eigenvalue weighted by Gasteiger charge is -2.27. The summed E-state index contributed by atoms with van der Waals surface area (Å²) in [5.41, 5.74) is 5.76. The molecule has 5 rings (SSSR count). The van der Waals surface area contributed by atoms with Gasteiger partial charge in [0.15, 0.2) is 0 Å². The number of rotatable bonds is 10. The van der Waals surface area contributed by atoms with Crippen LogP contribution in [0.25, 0.3) is 11.1 Å². The van der Waals surface area contributed by atoms with Gasteiger partial charge in [0, 0.05) is 18.9 Å². The molecule has 41 heavy (non-hydrogen) atoms. The van der Waals surface area contributed by atoms with Crippen molar-refractivity contribution in [2.24, 2.45) is 0 Å². The van der Waals surface area contributed by atoms with Crippen molar-refractivity contribution >= 4 is 18.0 Å². The summed E-state index contributed by atoms with van der Waals surface area (Å²) >= 11 is 0. The molecule has 2 amide bonds.